The highest BCUT2D eigenvalue weighted by Crippen LogP contribution is 2.30. The first-order valence-electron chi connectivity index (χ1n) is 9.31. The van der Waals surface area contributed by atoms with Gasteiger partial charge < -0.3 is 9.64 Å². The van der Waals surface area contributed by atoms with E-state index in [1.165, 1.54) is 19.2 Å². The fourth-order valence-electron chi connectivity index (χ4n) is 3.43. The van der Waals surface area contributed by atoms with E-state index in [1.807, 2.05) is 11.0 Å². The van der Waals surface area contributed by atoms with Crippen LogP contribution < -0.4 is 0 Å². The van der Waals surface area contributed by atoms with Gasteiger partial charge in [0, 0.05) is 41.7 Å². The van der Waals surface area contributed by atoms with E-state index < -0.39 is 17.8 Å². The highest BCUT2D eigenvalue weighted by atomic mass is 35.5. The summed E-state index contributed by atoms with van der Waals surface area (Å²) in [6, 6.07) is 12.6. The van der Waals surface area contributed by atoms with Crippen molar-refractivity contribution in [3.05, 3.63) is 64.7 Å². The Bertz CT molecular complexity index is 890. The molecular weight excluding hydrogens is 434 g/mol. The number of alkyl halides is 2. The van der Waals surface area contributed by atoms with Crippen LogP contribution in [0.1, 0.15) is 22.0 Å². The molecule has 1 fully saturated rings. The number of piperazine rings is 1. The Morgan fingerprint density at radius 2 is 1.67 bits per heavy atom. The molecule has 2 aromatic rings. The summed E-state index contributed by atoms with van der Waals surface area (Å²) in [6.45, 7) is 1.78. The van der Waals surface area contributed by atoms with Crippen LogP contribution >= 0.6 is 23.4 Å². The molecule has 1 amide bonds. The number of esters is 1. The number of halogens is 3. The molecule has 1 atom stereocenters. The van der Waals surface area contributed by atoms with E-state index in [0.717, 1.165) is 0 Å². The lowest BCUT2D eigenvalue weighted by Crippen LogP contribution is -2.51. The van der Waals surface area contributed by atoms with E-state index in [0.29, 0.717) is 59.0 Å². The lowest BCUT2D eigenvalue weighted by Gasteiger charge is -2.38. The minimum Gasteiger partial charge on any atom is -0.468 e. The number of amides is 1. The van der Waals surface area contributed by atoms with Gasteiger partial charge in [-0.2, -0.15) is 8.78 Å². The van der Waals surface area contributed by atoms with Gasteiger partial charge in [0.2, 0.25) is 0 Å². The van der Waals surface area contributed by atoms with Crippen molar-refractivity contribution in [1.82, 2.24) is 9.80 Å². The van der Waals surface area contributed by atoms with Gasteiger partial charge in [-0.3, -0.25) is 9.69 Å². The highest BCUT2D eigenvalue weighted by molar-refractivity contribution is 7.99. The molecule has 0 radical (unpaired) electrons. The lowest BCUT2D eigenvalue weighted by atomic mass is 10.0. The maximum atomic E-state index is 12.8. The van der Waals surface area contributed by atoms with Crippen LogP contribution in [0.4, 0.5) is 8.78 Å². The second-order valence-corrected chi connectivity index (χ2v) is 8.15. The van der Waals surface area contributed by atoms with Crippen molar-refractivity contribution in [2.24, 2.45) is 0 Å². The van der Waals surface area contributed by atoms with Gasteiger partial charge in [-0.15, -0.1) is 0 Å². The summed E-state index contributed by atoms with van der Waals surface area (Å²) in [4.78, 5) is 29.3. The standard InChI is InChI=1S/C21H21ClF2N2O3S/c1-29-20(28)18(16-4-2-3-5-17(16)22)25-10-12-26(13-11-25)19(27)14-6-8-15(9-7-14)30-21(23)24/h2-9,18,21H,10-13H2,1H3. The smallest absolute Gasteiger partial charge is 0.327 e. The van der Waals surface area contributed by atoms with Gasteiger partial charge in [0.05, 0.1) is 7.11 Å². The van der Waals surface area contributed by atoms with Crippen LogP contribution in [0, 0.1) is 0 Å². The van der Waals surface area contributed by atoms with Crippen molar-refractivity contribution in [3.63, 3.8) is 0 Å². The predicted molar refractivity (Wildman–Crippen MR) is 112 cm³/mol. The maximum absolute atomic E-state index is 12.8. The zero-order valence-electron chi connectivity index (χ0n) is 16.3. The van der Waals surface area contributed by atoms with Gasteiger partial charge in [-0.1, -0.05) is 41.6 Å². The summed E-state index contributed by atoms with van der Waals surface area (Å²) in [5.74, 6) is -3.08. The summed E-state index contributed by atoms with van der Waals surface area (Å²) in [6.07, 6.45) is 0. The summed E-state index contributed by atoms with van der Waals surface area (Å²) < 4.78 is 29.9. The number of hydrogen-bond acceptors (Lipinski definition) is 5. The highest BCUT2D eigenvalue weighted by Gasteiger charge is 2.33. The minimum atomic E-state index is -2.50. The Morgan fingerprint density at radius 3 is 2.23 bits per heavy atom. The van der Waals surface area contributed by atoms with Crippen molar-refractivity contribution in [1.29, 1.82) is 0 Å². The third-order valence-corrected chi connectivity index (χ3v) is 5.98. The van der Waals surface area contributed by atoms with E-state index in [4.69, 9.17) is 16.3 Å². The largest absolute Gasteiger partial charge is 0.468 e. The Kier molecular flexibility index (Phi) is 7.69. The molecule has 30 heavy (non-hydrogen) atoms. The number of rotatable bonds is 6. The normalized spacial score (nSPS) is 15.8. The molecular formula is C21H21ClF2N2O3S. The average molecular weight is 455 g/mol. The van der Waals surface area contributed by atoms with Crippen molar-refractivity contribution in [3.8, 4) is 0 Å². The zero-order valence-corrected chi connectivity index (χ0v) is 17.8. The molecule has 0 bridgehead atoms. The van der Waals surface area contributed by atoms with Gasteiger partial charge in [0.15, 0.2) is 0 Å². The molecule has 160 valence electrons. The summed E-state index contributed by atoms with van der Waals surface area (Å²) in [5, 5.41) is 0.480. The second-order valence-electron chi connectivity index (χ2n) is 6.68. The number of ether oxygens (including phenoxy) is 1. The predicted octanol–water partition coefficient (Wildman–Crippen LogP) is 4.33. The van der Waals surface area contributed by atoms with Gasteiger partial charge in [0.25, 0.3) is 11.7 Å². The Hall–Kier alpha value is -2.16. The Labute approximate surface area is 182 Å². The van der Waals surface area contributed by atoms with Crippen molar-refractivity contribution < 1.29 is 23.1 Å². The summed E-state index contributed by atoms with van der Waals surface area (Å²) >= 11 is 6.74. The summed E-state index contributed by atoms with van der Waals surface area (Å²) in [5.41, 5.74) is 1.11. The SMILES string of the molecule is COC(=O)C(c1ccccc1Cl)N1CCN(C(=O)c2ccc(SC(F)F)cc2)CC1. The van der Waals surface area contributed by atoms with Crippen LogP contribution in [0.15, 0.2) is 53.4 Å². The molecule has 0 aliphatic carbocycles. The molecule has 9 heteroatoms. The first-order chi connectivity index (χ1) is 14.4. The monoisotopic (exact) mass is 454 g/mol. The van der Waals surface area contributed by atoms with Gasteiger partial charge >= 0.3 is 5.97 Å². The number of carbonyl (C=O) groups excluding carboxylic acids is 2. The average Bonchev–Trinajstić information content (AvgIpc) is 2.75. The molecule has 2 aromatic carbocycles. The third kappa shape index (κ3) is 5.30. The van der Waals surface area contributed by atoms with Crippen molar-refractivity contribution >= 4 is 35.2 Å². The number of nitrogens with zero attached hydrogens (tertiary/aromatic N) is 2. The molecule has 1 heterocycles. The van der Waals surface area contributed by atoms with E-state index in [1.54, 1.807) is 35.2 Å². The lowest BCUT2D eigenvalue weighted by molar-refractivity contribution is -0.148. The Balaban J connectivity index is 1.67. The van der Waals surface area contributed by atoms with E-state index in [-0.39, 0.29) is 5.91 Å². The minimum absolute atomic E-state index is 0.171. The fraction of sp³-hybridized carbons (Fsp3) is 0.333. The molecule has 5 nitrogen and oxygen atoms in total. The van der Waals surface area contributed by atoms with E-state index >= 15 is 0 Å². The Morgan fingerprint density at radius 1 is 1.03 bits per heavy atom. The molecule has 0 aromatic heterocycles. The van der Waals surface area contributed by atoms with Crippen LogP contribution in [-0.4, -0.2) is 60.7 Å². The molecule has 3 rings (SSSR count). The number of hydrogen-bond donors (Lipinski definition) is 0. The van der Waals surface area contributed by atoms with Crippen LogP contribution in [0.5, 0.6) is 0 Å². The first-order valence-corrected chi connectivity index (χ1v) is 10.6. The zero-order chi connectivity index (χ0) is 21.7. The maximum Gasteiger partial charge on any atom is 0.327 e. The van der Waals surface area contributed by atoms with Gasteiger partial charge in [-0.25, -0.2) is 4.79 Å². The van der Waals surface area contributed by atoms with Crippen LogP contribution in [0.25, 0.3) is 0 Å². The first kappa shape index (κ1) is 22.5. The van der Waals surface area contributed by atoms with Gasteiger partial charge in [0.1, 0.15) is 6.04 Å². The van der Waals surface area contributed by atoms with Crippen molar-refractivity contribution in [2.45, 2.75) is 16.7 Å². The number of thioether (sulfide) groups is 1. The molecule has 0 spiro atoms. The molecule has 0 N–H and O–H groups in total. The van der Waals surface area contributed by atoms with Crippen LogP contribution in [0.3, 0.4) is 0 Å². The van der Waals surface area contributed by atoms with Crippen molar-refractivity contribution in [2.75, 3.05) is 33.3 Å². The number of carbonyl (C=O) groups is 2. The van der Waals surface area contributed by atoms with Crippen LogP contribution in [0.2, 0.25) is 5.02 Å². The molecule has 1 unspecified atom stereocenters. The van der Waals surface area contributed by atoms with E-state index in [2.05, 4.69) is 0 Å². The third-order valence-electron chi connectivity index (χ3n) is 4.92. The number of benzene rings is 2. The fourth-order valence-corrected chi connectivity index (χ4v) is 4.16. The molecule has 1 aliphatic heterocycles. The quantitative estimate of drug-likeness (QED) is 0.480. The summed E-state index contributed by atoms with van der Waals surface area (Å²) in [7, 11) is 1.34. The van der Waals surface area contributed by atoms with E-state index in [9.17, 15) is 18.4 Å². The molecule has 1 saturated heterocycles. The van der Waals surface area contributed by atoms with Crippen LogP contribution in [-0.2, 0) is 9.53 Å². The topological polar surface area (TPSA) is 49.9 Å². The molecule has 0 saturated carbocycles. The number of methoxy groups -OCH3 is 1. The molecule has 1 aliphatic rings. The van der Waals surface area contributed by atoms with Gasteiger partial charge in [-0.05, 0) is 35.9 Å². The second kappa shape index (κ2) is 10.2.